The maximum atomic E-state index is 0. The molecule has 0 rings (SSSR count). The Morgan fingerprint density at radius 3 is 0.500 bits per heavy atom. The molecule has 0 amide bonds. The molecular formula is C3H12Ag. The minimum atomic E-state index is 0. The van der Waals surface area contributed by atoms with E-state index in [0.29, 0.717) is 0 Å². The first-order valence-electron chi connectivity index (χ1n) is 0. The fourth-order valence-electron chi connectivity index (χ4n) is 0. The van der Waals surface area contributed by atoms with Gasteiger partial charge in [-0.3, -0.25) is 0 Å². The van der Waals surface area contributed by atoms with Crippen LogP contribution < -0.4 is 0 Å². The molecule has 0 aromatic rings. The Morgan fingerprint density at radius 1 is 0.500 bits per heavy atom. The Bertz CT molecular complexity index is 3.25. The van der Waals surface area contributed by atoms with Gasteiger partial charge in [-0.1, -0.05) is 22.3 Å². The van der Waals surface area contributed by atoms with Gasteiger partial charge in [0.05, 0.1) is 0 Å². The van der Waals surface area contributed by atoms with E-state index in [1.54, 1.807) is 0 Å². The molecular weight excluding hydrogens is 144 g/mol. The standard InChI is InChI=1S/3CH4.Ag/h3*1H4;. The first kappa shape index (κ1) is 121. The van der Waals surface area contributed by atoms with E-state index in [-0.39, 0.29) is 44.7 Å². The minimum absolute atomic E-state index is 0. The van der Waals surface area contributed by atoms with Crippen LogP contribution in [0.1, 0.15) is 22.3 Å². The number of rotatable bonds is 0. The van der Waals surface area contributed by atoms with Gasteiger partial charge in [-0.15, -0.1) is 0 Å². The summed E-state index contributed by atoms with van der Waals surface area (Å²) < 4.78 is 0. The topological polar surface area (TPSA) is 0 Å². The van der Waals surface area contributed by atoms with Crippen LogP contribution in [0, 0.1) is 0 Å². The maximum Gasteiger partial charge on any atom is 0 e. The van der Waals surface area contributed by atoms with Crippen molar-refractivity contribution in [3.63, 3.8) is 0 Å². The van der Waals surface area contributed by atoms with Crippen LogP contribution in [0.5, 0.6) is 0 Å². The van der Waals surface area contributed by atoms with Crippen molar-refractivity contribution in [1.82, 2.24) is 0 Å². The fraction of sp³-hybridized carbons (Fsp3) is 1.00. The monoisotopic (exact) mass is 155 g/mol. The van der Waals surface area contributed by atoms with Gasteiger partial charge in [-0.25, -0.2) is 0 Å². The molecule has 0 atom stereocenters. The maximum absolute atomic E-state index is 0. The van der Waals surface area contributed by atoms with Gasteiger partial charge in [0.1, 0.15) is 0 Å². The summed E-state index contributed by atoms with van der Waals surface area (Å²) in [5.74, 6) is 0. The van der Waals surface area contributed by atoms with Crippen molar-refractivity contribution in [3.05, 3.63) is 0 Å². The van der Waals surface area contributed by atoms with Gasteiger partial charge < -0.3 is 0 Å². The zero-order chi connectivity index (χ0) is 0. The second kappa shape index (κ2) is 51.3. The van der Waals surface area contributed by atoms with Crippen molar-refractivity contribution >= 4 is 0 Å². The van der Waals surface area contributed by atoms with E-state index in [0.717, 1.165) is 0 Å². The molecule has 4 heavy (non-hydrogen) atoms. The van der Waals surface area contributed by atoms with Crippen LogP contribution in [0.3, 0.4) is 0 Å². The second-order valence-corrected chi connectivity index (χ2v) is 0. The van der Waals surface area contributed by atoms with E-state index in [9.17, 15) is 0 Å². The molecule has 0 aliphatic heterocycles. The van der Waals surface area contributed by atoms with Crippen molar-refractivity contribution < 1.29 is 22.4 Å². The molecule has 0 heterocycles. The zero-order valence-corrected chi connectivity index (χ0v) is 1.78. The fourth-order valence-corrected chi connectivity index (χ4v) is 0. The Balaban J connectivity index is 0. The molecule has 0 fully saturated rings. The Morgan fingerprint density at radius 2 is 0.500 bits per heavy atom. The van der Waals surface area contributed by atoms with Crippen molar-refractivity contribution in [3.8, 4) is 0 Å². The largest absolute Gasteiger partial charge is 0.0776 e. The summed E-state index contributed by atoms with van der Waals surface area (Å²) >= 11 is 0. The molecule has 0 saturated carbocycles. The summed E-state index contributed by atoms with van der Waals surface area (Å²) in [6.45, 7) is 0. The molecule has 0 aromatic heterocycles. The van der Waals surface area contributed by atoms with Crippen LogP contribution in [0.15, 0.2) is 0 Å². The van der Waals surface area contributed by atoms with Gasteiger partial charge in [0, 0.05) is 22.4 Å². The summed E-state index contributed by atoms with van der Waals surface area (Å²) in [7, 11) is 0. The molecule has 35 valence electrons. The Hall–Kier alpha value is 0.740. The Labute approximate surface area is 45.1 Å². The van der Waals surface area contributed by atoms with Crippen LogP contribution >= 0.6 is 0 Å². The van der Waals surface area contributed by atoms with E-state index in [1.165, 1.54) is 0 Å². The van der Waals surface area contributed by atoms with Gasteiger partial charge in [0.2, 0.25) is 0 Å². The average Bonchev–Trinajstić information content (AvgIpc) is 0. The van der Waals surface area contributed by atoms with E-state index in [4.69, 9.17) is 0 Å². The van der Waals surface area contributed by atoms with Crippen molar-refractivity contribution in [2.24, 2.45) is 0 Å². The van der Waals surface area contributed by atoms with Crippen LogP contribution in [-0.4, -0.2) is 0 Å². The summed E-state index contributed by atoms with van der Waals surface area (Å²) in [4.78, 5) is 0. The van der Waals surface area contributed by atoms with E-state index in [2.05, 4.69) is 0 Å². The molecule has 1 radical (unpaired) electrons. The van der Waals surface area contributed by atoms with Gasteiger partial charge >= 0.3 is 0 Å². The Kier molecular flexibility index (Phi) is 1550. The second-order valence-electron chi connectivity index (χ2n) is 0. The van der Waals surface area contributed by atoms with Gasteiger partial charge in [0.15, 0.2) is 0 Å². The molecule has 0 N–H and O–H groups in total. The predicted molar refractivity (Wildman–Crippen MR) is 20.2 cm³/mol. The molecule has 0 aliphatic rings. The van der Waals surface area contributed by atoms with Crippen LogP contribution in [-0.2, 0) is 22.4 Å². The molecule has 0 saturated heterocycles. The van der Waals surface area contributed by atoms with Crippen LogP contribution in [0.2, 0.25) is 0 Å². The van der Waals surface area contributed by atoms with Crippen molar-refractivity contribution in [2.45, 2.75) is 22.3 Å². The average molecular weight is 156 g/mol. The third-order valence-corrected chi connectivity index (χ3v) is 0. The summed E-state index contributed by atoms with van der Waals surface area (Å²) in [6, 6.07) is 0. The van der Waals surface area contributed by atoms with Gasteiger partial charge in [-0.05, 0) is 0 Å². The molecule has 0 spiro atoms. The van der Waals surface area contributed by atoms with Crippen molar-refractivity contribution in [1.29, 1.82) is 0 Å². The number of hydrogen-bond acceptors (Lipinski definition) is 0. The quantitative estimate of drug-likeness (QED) is 0.470. The third-order valence-electron chi connectivity index (χ3n) is 0. The molecule has 0 aromatic carbocycles. The molecule has 0 bridgehead atoms. The summed E-state index contributed by atoms with van der Waals surface area (Å²) in [6.07, 6.45) is 0. The first-order chi connectivity index (χ1) is 0. The predicted octanol–water partition coefficient (Wildman–Crippen LogP) is 1.91. The van der Waals surface area contributed by atoms with E-state index >= 15 is 0 Å². The molecule has 0 unspecified atom stereocenters. The summed E-state index contributed by atoms with van der Waals surface area (Å²) in [5.41, 5.74) is 0. The number of hydrogen-bond donors (Lipinski definition) is 0. The molecule has 0 aliphatic carbocycles. The normalized spacial score (nSPS) is 0. The van der Waals surface area contributed by atoms with Gasteiger partial charge in [-0.2, -0.15) is 0 Å². The summed E-state index contributed by atoms with van der Waals surface area (Å²) in [5, 5.41) is 0. The third kappa shape index (κ3) is 15.1. The molecule has 0 nitrogen and oxygen atoms in total. The van der Waals surface area contributed by atoms with Crippen LogP contribution in [0.4, 0.5) is 0 Å². The van der Waals surface area contributed by atoms with Crippen LogP contribution in [0.25, 0.3) is 0 Å². The SMILES string of the molecule is C.C.C.[Ag]. The minimum Gasteiger partial charge on any atom is -0.0776 e. The van der Waals surface area contributed by atoms with Crippen molar-refractivity contribution in [2.75, 3.05) is 0 Å². The smallest absolute Gasteiger partial charge is 0 e. The zero-order valence-electron chi connectivity index (χ0n) is 0.302. The van der Waals surface area contributed by atoms with E-state index in [1.807, 2.05) is 0 Å². The first-order valence-corrected chi connectivity index (χ1v) is 0. The van der Waals surface area contributed by atoms with Gasteiger partial charge in [0.25, 0.3) is 0 Å². The van der Waals surface area contributed by atoms with E-state index < -0.39 is 0 Å². The molecule has 1 heteroatoms.